The molecule has 19 heavy (non-hydrogen) atoms. The molecule has 1 aromatic rings. The van der Waals surface area contributed by atoms with Crippen LogP contribution in [0.2, 0.25) is 0 Å². The highest BCUT2D eigenvalue weighted by atomic mass is 79.9. The van der Waals surface area contributed by atoms with Gasteiger partial charge in [-0.05, 0) is 34.5 Å². The van der Waals surface area contributed by atoms with Crippen LogP contribution in [0, 0.1) is 0 Å². The Bertz CT molecular complexity index is 514. The van der Waals surface area contributed by atoms with Crippen molar-refractivity contribution in [2.24, 2.45) is 0 Å². The van der Waals surface area contributed by atoms with Crippen molar-refractivity contribution in [1.82, 2.24) is 0 Å². The summed E-state index contributed by atoms with van der Waals surface area (Å²) in [5.41, 5.74) is 1.22. The molecule has 1 aliphatic heterocycles. The zero-order chi connectivity index (χ0) is 13.8. The van der Waals surface area contributed by atoms with Crippen LogP contribution in [-0.4, -0.2) is 18.3 Å². The number of amides is 1. The van der Waals surface area contributed by atoms with Crippen LogP contribution in [0.25, 0.3) is 0 Å². The molecular formula is C14H16BrNO3. The highest BCUT2D eigenvalue weighted by Crippen LogP contribution is 2.34. The number of ketones is 1. The summed E-state index contributed by atoms with van der Waals surface area (Å²) >= 11 is 3.38. The number of fused-ring (bicyclic) bond motifs is 1. The summed E-state index contributed by atoms with van der Waals surface area (Å²) in [7, 11) is 0. The predicted octanol–water partition coefficient (Wildman–Crippen LogP) is 3.54. The number of nitrogens with one attached hydrogen (secondary N) is 1. The fourth-order valence-electron chi connectivity index (χ4n) is 1.98. The van der Waals surface area contributed by atoms with Gasteiger partial charge >= 0.3 is 0 Å². The summed E-state index contributed by atoms with van der Waals surface area (Å²) in [6, 6.07) is 3.42. The Morgan fingerprint density at radius 2 is 2.21 bits per heavy atom. The van der Waals surface area contributed by atoms with E-state index < -0.39 is 0 Å². The number of benzene rings is 1. The standard InChI is InChI=1S/C14H16BrNO3/c1-2-3-4-5-12(17)9-6-13-11(7-10(9)15)16-14(18)8-19-13/h6-7H,2-5,8H2,1H3,(H,16,18). The van der Waals surface area contributed by atoms with E-state index in [9.17, 15) is 9.59 Å². The third kappa shape index (κ3) is 3.35. The van der Waals surface area contributed by atoms with Gasteiger partial charge in [-0.2, -0.15) is 0 Å². The highest BCUT2D eigenvalue weighted by Gasteiger charge is 2.20. The molecule has 1 aliphatic rings. The van der Waals surface area contributed by atoms with Crippen LogP contribution in [0.1, 0.15) is 43.0 Å². The van der Waals surface area contributed by atoms with E-state index in [0.717, 1.165) is 19.3 Å². The summed E-state index contributed by atoms with van der Waals surface area (Å²) in [5.74, 6) is 0.478. The molecule has 4 nitrogen and oxygen atoms in total. The lowest BCUT2D eigenvalue weighted by molar-refractivity contribution is -0.118. The van der Waals surface area contributed by atoms with Crippen molar-refractivity contribution in [3.63, 3.8) is 0 Å². The lowest BCUT2D eigenvalue weighted by Crippen LogP contribution is -2.25. The number of ether oxygens (including phenoxy) is 1. The van der Waals surface area contributed by atoms with Gasteiger partial charge in [0.05, 0.1) is 5.69 Å². The Morgan fingerprint density at radius 1 is 1.42 bits per heavy atom. The zero-order valence-corrected chi connectivity index (χ0v) is 12.4. The molecule has 0 spiro atoms. The quantitative estimate of drug-likeness (QED) is 0.665. The second-order valence-electron chi connectivity index (χ2n) is 4.55. The van der Waals surface area contributed by atoms with Gasteiger partial charge in [-0.15, -0.1) is 0 Å². The second kappa shape index (κ2) is 6.19. The molecule has 0 aliphatic carbocycles. The number of carbonyl (C=O) groups excluding carboxylic acids is 2. The number of anilines is 1. The van der Waals surface area contributed by atoms with Crippen molar-refractivity contribution >= 4 is 33.3 Å². The molecule has 1 N–H and O–H groups in total. The van der Waals surface area contributed by atoms with Gasteiger partial charge in [0.1, 0.15) is 5.75 Å². The molecule has 0 unspecified atom stereocenters. The predicted molar refractivity (Wildman–Crippen MR) is 76.7 cm³/mol. The first kappa shape index (κ1) is 14.1. The third-order valence-electron chi connectivity index (χ3n) is 3.01. The van der Waals surface area contributed by atoms with Crippen LogP contribution in [0.5, 0.6) is 5.75 Å². The van der Waals surface area contributed by atoms with Crippen LogP contribution in [-0.2, 0) is 4.79 Å². The molecule has 0 radical (unpaired) electrons. The van der Waals surface area contributed by atoms with E-state index in [0.29, 0.717) is 27.9 Å². The molecular weight excluding hydrogens is 310 g/mol. The van der Waals surface area contributed by atoms with Crippen molar-refractivity contribution in [1.29, 1.82) is 0 Å². The maximum absolute atomic E-state index is 12.1. The van der Waals surface area contributed by atoms with Crippen LogP contribution >= 0.6 is 15.9 Å². The Hall–Kier alpha value is -1.36. The fourth-order valence-corrected chi connectivity index (χ4v) is 2.55. The van der Waals surface area contributed by atoms with Crippen LogP contribution in [0.3, 0.4) is 0 Å². The molecule has 0 fully saturated rings. The number of rotatable bonds is 5. The molecule has 1 amide bonds. The van der Waals surface area contributed by atoms with Crippen molar-refractivity contribution in [3.05, 3.63) is 22.2 Å². The number of hydrogen-bond acceptors (Lipinski definition) is 3. The summed E-state index contributed by atoms with van der Waals surface area (Å²) in [4.78, 5) is 23.3. The first-order valence-corrected chi connectivity index (χ1v) is 7.20. The van der Waals surface area contributed by atoms with Crippen molar-refractivity contribution in [2.75, 3.05) is 11.9 Å². The summed E-state index contributed by atoms with van der Waals surface area (Å²) in [6.07, 6.45) is 3.59. The van der Waals surface area contributed by atoms with Gasteiger partial charge in [-0.25, -0.2) is 0 Å². The number of halogens is 1. The highest BCUT2D eigenvalue weighted by molar-refractivity contribution is 9.10. The Balaban J connectivity index is 2.18. The molecule has 0 saturated carbocycles. The van der Waals surface area contributed by atoms with Crippen LogP contribution < -0.4 is 10.1 Å². The van der Waals surface area contributed by atoms with E-state index in [4.69, 9.17) is 4.74 Å². The molecule has 2 rings (SSSR count). The van der Waals surface area contributed by atoms with E-state index >= 15 is 0 Å². The summed E-state index contributed by atoms with van der Waals surface area (Å²) < 4.78 is 6.02. The van der Waals surface area contributed by atoms with Gasteiger partial charge in [-0.3, -0.25) is 9.59 Å². The van der Waals surface area contributed by atoms with Crippen LogP contribution in [0.15, 0.2) is 16.6 Å². The SMILES string of the molecule is CCCCCC(=O)c1cc2c(cc1Br)NC(=O)CO2. The monoisotopic (exact) mass is 325 g/mol. The molecule has 102 valence electrons. The number of unbranched alkanes of at least 4 members (excludes halogenated alkanes) is 2. The minimum atomic E-state index is -0.179. The van der Waals surface area contributed by atoms with Crippen molar-refractivity contribution < 1.29 is 14.3 Å². The van der Waals surface area contributed by atoms with E-state index in [1.54, 1.807) is 12.1 Å². The largest absolute Gasteiger partial charge is 0.482 e. The lowest BCUT2D eigenvalue weighted by Gasteiger charge is -2.19. The average Bonchev–Trinajstić information content (AvgIpc) is 2.38. The molecule has 1 aromatic carbocycles. The molecule has 0 aromatic heterocycles. The summed E-state index contributed by atoms with van der Waals surface area (Å²) in [5, 5.41) is 2.71. The first-order valence-electron chi connectivity index (χ1n) is 6.41. The zero-order valence-electron chi connectivity index (χ0n) is 10.8. The fraction of sp³-hybridized carbons (Fsp3) is 0.429. The van der Waals surface area contributed by atoms with E-state index in [2.05, 4.69) is 28.2 Å². The van der Waals surface area contributed by atoms with E-state index in [1.165, 1.54) is 0 Å². The Morgan fingerprint density at radius 3 is 2.95 bits per heavy atom. The molecule has 1 heterocycles. The Kier molecular flexibility index (Phi) is 4.58. The number of hydrogen-bond donors (Lipinski definition) is 1. The number of carbonyl (C=O) groups is 2. The topological polar surface area (TPSA) is 55.4 Å². The van der Waals surface area contributed by atoms with Crippen molar-refractivity contribution in [3.8, 4) is 5.75 Å². The normalized spacial score (nSPS) is 13.5. The summed E-state index contributed by atoms with van der Waals surface area (Å²) in [6.45, 7) is 2.11. The van der Waals surface area contributed by atoms with Gasteiger partial charge in [0.2, 0.25) is 0 Å². The van der Waals surface area contributed by atoms with Crippen molar-refractivity contribution in [2.45, 2.75) is 32.6 Å². The second-order valence-corrected chi connectivity index (χ2v) is 5.40. The average molecular weight is 326 g/mol. The first-order chi connectivity index (χ1) is 9.11. The lowest BCUT2D eigenvalue weighted by atomic mass is 10.0. The van der Waals surface area contributed by atoms with Crippen LogP contribution in [0.4, 0.5) is 5.69 Å². The Labute approximate surface area is 120 Å². The molecule has 5 heteroatoms. The molecule has 0 atom stereocenters. The number of Topliss-reactive ketones (excluding diaryl/α,β-unsaturated/α-hetero) is 1. The van der Waals surface area contributed by atoms with E-state index in [-0.39, 0.29) is 18.3 Å². The minimum absolute atomic E-state index is 0.00189. The maximum atomic E-state index is 12.1. The third-order valence-corrected chi connectivity index (χ3v) is 3.67. The smallest absolute Gasteiger partial charge is 0.262 e. The van der Waals surface area contributed by atoms with Gasteiger partial charge in [0.15, 0.2) is 12.4 Å². The van der Waals surface area contributed by atoms with Gasteiger partial charge in [-0.1, -0.05) is 19.8 Å². The minimum Gasteiger partial charge on any atom is -0.482 e. The van der Waals surface area contributed by atoms with E-state index in [1.807, 2.05) is 0 Å². The molecule has 0 bridgehead atoms. The molecule has 0 saturated heterocycles. The van der Waals surface area contributed by atoms with Gasteiger partial charge < -0.3 is 10.1 Å². The maximum Gasteiger partial charge on any atom is 0.262 e. The van der Waals surface area contributed by atoms with Gasteiger partial charge in [0, 0.05) is 16.5 Å². The van der Waals surface area contributed by atoms with Gasteiger partial charge in [0.25, 0.3) is 5.91 Å².